The molecule has 0 radical (unpaired) electrons. The largest absolute Gasteiger partial charge is 0.465 e. The van der Waals surface area contributed by atoms with Crippen LogP contribution in [0.1, 0.15) is 10.4 Å². The van der Waals surface area contributed by atoms with Crippen LogP contribution in [-0.2, 0) is 4.74 Å². The van der Waals surface area contributed by atoms with Crippen molar-refractivity contribution in [1.29, 1.82) is 0 Å². The van der Waals surface area contributed by atoms with Crippen LogP contribution >= 0.6 is 0 Å². The molecule has 0 bridgehead atoms. The molecule has 0 aliphatic carbocycles. The summed E-state index contributed by atoms with van der Waals surface area (Å²) in [5.41, 5.74) is 1.85. The van der Waals surface area contributed by atoms with E-state index in [1.807, 2.05) is 0 Å². The molecule has 1 aromatic carbocycles. The number of nitrogens with zero attached hydrogens (tertiary/aromatic N) is 1. The fourth-order valence-electron chi connectivity index (χ4n) is 1.53. The van der Waals surface area contributed by atoms with Crippen molar-refractivity contribution < 1.29 is 13.9 Å². The van der Waals surface area contributed by atoms with Crippen LogP contribution in [-0.4, -0.2) is 18.1 Å². The summed E-state index contributed by atoms with van der Waals surface area (Å²) in [6.45, 7) is 0. The normalized spacial score (nSPS) is 10.0. The van der Waals surface area contributed by atoms with E-state index >= 15 is 0 Å². The number of hydrogen-bond donors (Lipinski definition) is 0. The van der Waals surface area contributed by atoms with E-state index in [1.165, 1.54) is 19.4 Å². The number of benzene rings is 1. The van der Waals surface area contributed by atoms with E-state index in [0.29, 0.717) is 11.1 Å². The monoisotopic (exact) mass is 231 g/mol. The van der Waals surface area contributed by atoms with Gasteiger partial charge in [0.2, 0.25) is 5.95 Å². The van der Waals surface area contributed by atoms with Crippen LogP contribution in [0.3, 0.4) is 0 Å². The molecule has 0 unspecified atom stereocenters. The molecule has 0 saturated heterocycles. The number of carbonyl (C=O) groups is 1. The van der Waals surface area contributed by atoms with Crippen LogP contribution in [0.2, 0.25) is 0 Å². The molecule has 0 saturated carbocycles. The summed E-state index contributed by atoms with van der Waals surface area (Å²) in [5, 5.41) is 0. The fourth-order valence-corrected chi connectivity index (χ4v) is 1.53. The molecule has 0 amide bonds. The van der Waals surface area contributed by atoms with Crippen molar-refractivity contribution in [3.8, 4) is 11.1 Å². The Labute approximate surface area is 97.9 Å². The minimum absolute atomic E-state index is 0.415. The highest BCUT2D eigenvalue weighted by atomic mass is 19.1. The van der Waals surface area contributed by atoms with Crippen molar-refractivity contribution in [3.63, 3.8) is 0 Å². The number of ether oxygens (including phenoxy) is 1. The molecule has 0 fully saturated rings. The highest BCUT2D eigenvalue weighted by Gasteiger charge is 2.07. The van der Waals surface area contributed by atoms with Gasteiger partial charge in [-0.25, -0.2) is 9.78 Å². The molecule has 1 aromatic heterocycles. The molecule has 2 rings (SSSR count). The summed E-state index contributed by atoms with van der Waals surface area (Å²) in [5.74, 6) is -0.965. The lowest BCUT2D eigenvalue weighted by Gasteiger charge is -2.04. The lowest BCUT2D eigenvalue weighted by Crippen LogP contribution is -2.00. The van der Waals surface area contributed by atoms with E-state index in [-0.39, 0.29) is 0 Å². The zero-order valence-electron chi connectivity index (χ0n) is 9.18. The van der Waals surface area contributed by atoms with Gasteiger partial charge in [0, 0.05) is 12.3 Å². The Kier molecular flexibility index (Phi) is 3.14. The van der Waals surface area contributed by atoms with Gasteiger partial charge in [-0.1, -0.05) is 12.1 Å². The average molecular weight is 231 g/mol. The van der Waals surface area contributed by atoms with Gasteiger partial charge in [0.15, 0.2) is 0 Å². The van der Waals surface area contributed by atoms with Crippen molar-refractivity contribution in [3.05, 3.63) is 54.1 Å². The lowest BCUT2D eigenvalue weighted by atomic mass is 10.0. The zero-order chi connectivity index (χ0) is 12.3. The Morgan fingerprint density at radius 3 is 2.71 bits per heavy atom. The highest BCUT2D eigenvalue weighted by Crippen LogP contribution is 2.20. The Hall–Kier alpha value is -2.23. The summed E-state index contributed by atoms with van der Waals surface area (Å²) < 4.78 is 17.6. The van der Waals surface area contributed by atoms with Crippen LogP contribution in [0.4, 0.5) is 4.39 Å². The van der Waals surface area contributed by atoms with E-state index in [9.17, 15) is 9.18 Å². The molecule has 0 spiro atoms. The first-order valence-electron chi connectivity index (χ1n) is 5.01. The third kappa shape index (κ3) is 2.47. The number of carbonyl (C=O) groups excluding carboxylic acids is 1. The Bertz CT molecular complexity index is 555. The average Bonchev–Trinajstić information content (AvgIpc) is 2.38. The van der Waals surface area contributed by atoms with Crippen LogP contribution in [0.25, 0.3) is 11.1 Å². The number of aromatic nitrogens is 1. The number of pyridine rings is 1. The molecule has 4 heteroatoms. The maximum atomic E-state index is 13.0. The molecule has 0 aliphatic heterocycles. The molecule has 17 heavy (non-hydrogen) atoms. The minimum Gasteiger partial charge on any atom is -0.465 e. The van der Waals surface area contributed by atoms with Crippen molar-refractivity contribution in [1.82, 2.24) is 4.98 Å². The maximum Gasteiger partial charge on any atom is 0.337 e. The maximum absolute atomic E-state index is 13.0. The first-order chi connectivity index (χ1) is 8.20. The molecule has 0 aliphatic rings. The van der Waals surface area contributed by atoms with E-state index in [0.717, 1.165) is 5.56 Å². The number of methoxy groups -OCH3 is 1. The quantitative estimate of drug-likeness (QED) is 0.589. The van der Waals surface area contributed by atoms with Gasteiger partial charge in [-0.15, -0.1) is 0 Å². The SMILES string of the molecule is COC(=O)c1cccc(-c2ccnc(F)c2)c1. The first kappa shape index (κ1) is 11.3. The summed E-state index contributed by atoms with van der Waals surface area (Å²) in [6, 6.07) is 9.81. The van der Waals surface area contributed by atoms with Gasteiger partial charge < -0.3 is 4.74 Å². The number of hydrogen-bond acceptors (Lipinski definition) is 3. The van der Waals surface area contributed by atoms with E-state index in [2.05, 4.69) is 9.72 Å². The second-order valence-corrected chi connectivity index (χ2v) is 3.44. The second-order valence-electron chi connectivity index (χ2n) is 3.44. The summed E-state index contributed by atoms with van der Waals surface area (Å²) in [6.07, 6.45) is 1.38. The fraction of sp³-hybridized carbons (Fsp3) is 0.0769. The predicted octanol–water partition coefficient (Wildman–Crippen LogP) is 2.67. The van der Waals surface area contributed by atoms with Gasteiger partial charge in [-0.3, -0.25) is 0 Å². The number of rotatable bonds is 2. The molecule has 0 atom stereocenters. The summed E-state index contributed by atoms with van der Waals surface area (Å²) in [4.78, 5) is 14.8. The van der Waals surface area contributed by atoms with E-state index < -0.39 is 11.9 Å². The highest BCUT2D eigenvalue weighted by molar-refractivity contribution is 5.90. The van der Waals surface area contributed by atoms with Crippen molar-refractivity contribution in [2.75, 3.05) is 7.11 Å². The topological polar surface area (TPSA) is 39.2 Å². The molecule has 0 N–H and O–H groups in total. The van der Waals surface area contributed by atoms with Gasteiger partial charge in [0.1, 0.15) is 0 Å². The number of halogens is 1. The molecule has 86 valence electrons. The number of esters is 1. The predicted molar refractivity (Wildman–Crippen MR) is 61.0 cm³/mol. The van der Waals surface area contributed by atoms with Crippen LogP contribution in [0.15, 0.2) is 42.6 Å². The van der Waals surface area contributed by atoms with Gasteiger partial charge in [0.05, 0.1) is 12.7 Å². The third-order valence-corrected chi connectivity index (χ3v) is 2.34. The first-order valence-corrected chi connectivity index (χ1v) is 5.01. The zero-order valence-corrected chi connectivity index (χ0v) is 9.18. The minimum atomic E-state index is -0.550. The van der Waals surface area contributed by atoms with E-state index in [1.54, 1.807) is 30.3 Å². The van der Waals surface area contributed by atoms with E-state index in [4.69, 9.17) is 0 Å². The van der Waals surface area contributed by atoms with Gasteiger partial charge in [-0.05, 0) is 29.3 Å². The van der Waals surface area contributed by atoms with Crippen LogP contribution in [0.5, 0.6) is 0 Å². The molecular weight excluding hydrogens is 221 g/mol. The second kappa shape index (κ2) is 4.74. The Morgan fingerprint density at radius 2 is 2.00 bits per heavy atom. The lowest BCUT2D eigenvalue weighted by molar-refractivity contribution is 0.0601. The summed E-state index contributed by atoms with van der Waals surface area (Å²) >= 11 is 0. The van der Waals surface area contributed by atoms with Gasteiger partial charge in [0.25, 0.3) is 0 Å². The molecular formula is C13H10FNO2. The molecule has 3 nitrogen and oxygen atoms in total. The summed E-state index contributed by atoms with van der Waals surface area (Å²) in [7, 11) is 1.32. The Morgan fingerprint density at radius 1 is 1.24 bits per heavy atom. The standard InChI is InChI=1S/C13H10FNO2/c1-17-13(16)11-4-2-3-9(7-11)10-5-6-15-12(14)8-10/h2-8H,1H3. The van der Waals surface area contributed by atoms with Gasteiger partial charge in [-0.2, -0.15) is 4.39 Å². The van der Waals surface area contributed by atoms with Crippen molar-refractivity contribution in [2.24, 2.45) is 0 Å². The molecule has 2 aromatic rings. The van der Waals surface area contributed by atoms with Crippen molar-refractivity contribution >= 4 is 5.97 Å². The molecule has 1 heterocycles. The van der Waals surface area contributed by atoms with Gasteiger partial charge >= 0.3 is 5.97 Å². The van der Waals surface area contributed by atoms with Crippen LogP contribution < -0.4 is 0 Å². The van der Waals surface area contributed by atoms with Crippen molar-refractivity contribution in [2.45, 2.75) is 0 Å². The van der Waals surface area contributed by atoms with Crippen LogP contribution in [0, 0.1) is 5.95 Å². The Balaban J connectivity index is 2.43. The smallest absolute Gasteiger partial charge is 0.337 e. The third-order valence-electron chi connectivity index (χ3n) is 2.34.